The maximum atomic E-state index is 12.5. The Bertz CT molecular complexity index is 738. The fraction of sp³-hybridized carbons (Fsp3) is 0.333. The number of nitro groups is 1. The van der Waals surface area contributed by atoms with E-state index in [4.69, 9.17) is 0 Å². The van der Waals surface area contributed by atoms with Crippen LogP contribution in [0.1, 0.15) is 15.2 Å². The van der Waals surface area contributed by atoms with Gasteiger partial charge in [0.25, 0.3) is 5.69 Å². The van der Waals surface area contributed by atoms with Gasteiger partial charge in [0.1, 0.15) is 0 Å². The second-order valence-electron chi connectivity index (χ2n) is 5.43. The number of anilines is 1. The van der Waals surface area contributed by atoms with E-state index in [1.54, 1.807) is 12.3 Å². The quantitative estimate of drug-likeness (QED) is 0.484. The van der Waals surface area contributed by atoms with Crippen LogP contribution in [0.5, 0.6) is 0 Å². The number of piperazine rings is 1. The van der Waals surface area contributed by atoms with Crippen molar-refractivity contribution in [2.45, 2.75) is 0 Å². The number of rotatable bonds is 4. The Morgan fingerprint density at radius 3 is 2.74 bits per heavy atom. The molecule has 0 N–H and O–H groups in total. The Labute approximate surface area is 137 Å². The summed E-state index contributed by atoms with van der Waals surface area (Å²) in [6, 6.07) is 5.79. The zero-order valence-corrected chi connectivity index (χ0v) is 13.5. The van der Waals surface area contributed by atoms with Crippen molar-refractivity contribution in [3.8, 4) is 0 Å². The lowest BCUT2D eigenvalue weighted by molar-refractivity contribution is -0.384. The lowest BCUT2D eigenvalue weighted by atomic mass is 10.1. The van der Waals surface area contributed by atoms with Crippen molar-refractivity contribution in [2.24, 2.45) is 0 Å². The van der Waals surface area contributed by atoms with Gasteiger partial charge >= 0.3 is 0 Å². The van der Waals surface area contributed by atoms with Crippen LogP contribution in [0.3, 0.4) is 0 Å². The molecule has 0 bridgehead atoms. The molecule has 1 saturated heterocycles. The zero-order chi connectivity index (χ0) is 16.4. The fourth-order valence-electron chi connectivity index (χ4n) is 2.42. The highest BCUT2D eigenvalue weighted by atomic mass is 32.1. The molecular formula is C15H16N4O3S. The number of nitrogens with zero attached hydrogens (tertiary/aromatic N) is 4. The number of thiazole rings is 1. The van der Waals surface area contributed by atoms with Crippen LogP contribution in [0.15, 0.2) is 30.5 Å². The molecule has 0 saturated carbocycles. The Balaban J connectivity index is 1.78. The highest BCUT2D eigenvalue weighted by molar-refractivity contribution is 7.17. The predicted octanol–water partition coefficient (Wildman–Crippen LogP) is 2.03. The van der Waals surface area contributed by atoms with Crippen LogP contribution in [0, 0.1) is 10.1 Å². The topological polar surface area (TPSA) is 79.6 Å². The third kappa shape index (κ3) is 3.38. The van der Waals surface area contributed by atoms with Crippen molar-refractivity contribution in [3.63, 3.8) is 0 Å². The minimum atomic E-state index is -0.501. The summed E-state index contributed by atoms with van der Waals surface area (Å²) in [4.78, 5) is 32.1. The molecule has 7 nitrogen and oxygen atoms in total. The van der Waals surface area contributed by atoms with Crippen LogP contribution < -0.4 is 4.90 Å². The highest BCUT2D eigenvalue weighted by Gasteiger charge is 2.20. The van der Waals surface area contributed by atoms with Crippen LogP contribution >= 0.6 is 11.3 Å². The Kier molecular flexibility index (Phi) is 4.35. The second-order valence-corrected chi connectivity index (χ2v) is 6.44. The van der Waals surface area contributed by atoms with Gasteiger partial charge in [-0.1, -0.05) is 23.5 Å². The van der Waals surface area contributed by atoms with Crippen LogP contribution in [-0.4, -0.2) is 53.8 Å². The van der Waals surface area contributed by atoms with Crippen molar-refractivity contribution in [1.29, 1.82) is 0 Å². The number of carbonyl (C=O) groups excluding carboxylic acids is 1. The summed E-state index contributed by atoms with van der Waals surface area (Å²) in [6.45, 7) is 3.70. The van der Waals surface area contributed by atoms with Gasteiger partial charge in [-0.3, -0.25) is 14.9 Å². The highest BCUT2D eigenvalue weighted by Crippen LogP contribution is 2.26. The zero-order valence-electron chi connectivity index (χ0n) is 12.6. The first kappa shape index (κ1) is 15.6. The minimum absolute atomic E-state index is 0.0837. The number of nitro benzene ring substituents is 1. The molecule has 0 amide bonds. The molecule has 0 spiro atoms. The number of hydrogen-bond acceptors (Lipinski definition) is 7. The van der Waals surface area contributed by atoms with Crippen LogP contribution in [0.2, 0.25) is 0 Å². The minimum Gasteiger partial charge on any atom is -0.346 e. The number of aromatic nitrogens is 1. The molecule has 0 unspecified atom stereocenters. The van der Waals surface area contributed by atoms with Crippen LogP contribution in [0.25, 0.3) is 0 Å². The van der Waals surface area contributed by atoms with Crippen molar-refractivity contribution in [1.82, 2.24) is 9.88 Å². The first-order chi connectivity index (χ1) is 11.0. The van der Waals surface area contributed by atoms with E-state index < -0.39 is 4.92 Å². The standard InChI is InChI=1S/C15H16N4O3S/c1-17-5-7-18(8-6-17)15-16-10-13(23-15)14(20)11-3-2-4-12(9-11)19(21)22/h2-4,9-10H,5-8H2,1H3. The summed E-state index contributed by atoms with van der Waals surface area (Å²) in [6.07, 6.45) is 1.56. The lowest BCUT2D eigenvalue weighted by Crippen LogP contribution is -2.44. The molecule has 120 valence electrons. The van der Waals surface area contributed by atoms with Gasteiger partial charge in [0.15, 0.2) is 5.13 Å². The normalized spacial score (nSPS) is 15.6. The second kappa shape index (κ2) is 6.43. The van der Waals surface area contributed by atoms with E-state index in [0.29, 0.717) is 10.4 Å². The molecule has 1 aromatic carbocycles. The van der Waals surface area contributed by atoms with Gasteiger partial charge in [-0.05, 0) is 7.05 Å². The lowest BCUT2D eigenvalue weighted by Gasteiger charge is -2.32. The van der Waals surface area contributed by atoms with Crippen molar-refractivity contribution >= 4 is 27.9 Å². The van der Waals surface area contributed by atoms with Gasteiger partial charge in [-0.2, -0.15) is 0 Å². The fourth-order valence-corrected chi connectivity index (χ4v) is 3.35. The SMILES string of the molecule is CN1CCN(c2ncc(C(=O)c3cccc([N+](=O)[O-])c3)s2)CC1. The van der Waals surface area contributed by atoms with Gasteiger partial charge in [0, 0.05) is 43.9 Å². The van der Waals surface area contributed by atoms with Gasteiger partial charge in [-0.25, -0.2) is 4.98 Å². The summed E-state index contributed by atoms with van der Waals surface area (Å²) in [7, 11) is 2.08. The van der Waals surface area contributed by atoms with E-state index in [1.165, 1.54) is 29.5 Å². The summed E-state index contributed by atoms with van der Waals surface area (Å²) in [5.74, 6) is -0.230. The van der Waals surface area contributed by atoms with Gasteiger partial charge < -0.3 is 9.80 Å². The Morgan fingerprint density at radius 1 is 1.30 bits per heavy atom. The third-order valence-corrected chi connectivity index (χ3v) is 4.87. The summed E-state index contributed by atoms with van der Waals surface area (Å²) in [5.41, 5.74) is 0.229. The van der Waals surface area contributed by atoms with E-state index in [-0.39, 0.29) is 11.5 Å². The summed E-state index contributed by atoms with van der Waals surface area (Å²) >= 11 is 1.33. The molecule has 1 aromatic heterocycles. The molecule has 1 fully saturated rings. The smallest absolute Gasteiger partial charge is 0.270 e. The number of carbonyl (C=O) groups is 1. The number of hydrogen-bond donors (Lipinski definition) is 0. The number of non-ortho nitro benzene ring substituents is 1. The molecule has 0 radical (unpaired) electrons. The van der Waals surface area contributed by atoms with Crippen LogP contribution in [0.4, 0.5) is 10.8 Å². The van der Waals surface area contributed by atoms with E-state index in [0.717, 1.165) is 31.3 Å². The van der Waals surface area contributed by atoms with Gasteiger partial charge in [0.05, 0.1) is 16.0 Å². The largest absolute Gasteiger partial charge is 0.346 e. The molecule has 23 heavy (non-hydrogen) atoms. The molecular weight excluding hydrogens is 316 g/mol. The number of ketones is 1. The average Bonchev–Trinajstić information content (AvgIpc) is 3.05. The maximum absolute atomic E-state index is 12.5. The first-order valence-corrected chi connectivity index (χ1v) is 8.05. The third-order valence-electron chi connectivity index (χ3n) is 3.81. The summed E-state index contributed by atoms with van der Waals surface area (Å²) < 4.78 is 0. The first-order valence-electron chi connectivity index (χ1n) is 7.23. The molecule has 3 rings (SSSR count). The molecule has 0 atom stereocenters. The van der Waals surface area contributed by atoms with Crippen molar-refractivity contribution in [3.05, 3.63) is 51.0 Å². The van der Waals surface area contributed by atoms with Crippen molar-refractivity contribution in [2.75, 3.05) is 38.1 Å². The van der Waals surface area contributed by atoms with E-state index in [1.807, 2.05) is 0 Å². The summed E-state index contributed by atoms with van der Waals surface area (Å²) in [5, 5.41) is 11.6. The van der Waals surface area contributed by atoms with E-state index in [2.05, 4.69) is 21.8 Å². The molecule has 0 aliphatic carbocycles. The molecule has 2 heterocycles. The predicted molar refractivity (Wildman–Crippen MR) is 88.4 cm³/mol. The molecule has 1 aliphatic rings. The van der Waals surface area contributed by atoms with E-state index in [9.17, 15) is 14.9 Å². The number of benzene rings is 1. The maximum Gasteiger partial charge on any atom is 0.270 e. The number of likely N-dealkylation sites (N-methyl/N-ethyl adjacent to an activating group) is 1. The van der Waals surface area contributed by atoms with Gasteiger partial charge in [0.2, 0.25) is 5.78 Å². The Morgan fingerprint density at radius 2 is 2.04 bits per heavy atom. The average molecular weight is 332 g/mol. The monoisotopic (exact) mass is 332 g/mol. The van der Waals surface area contributed by atoms with E-state index >= 15 is 0 Å². The Hall–Kier alpha value is -2.32. The van der Waals surface area contributed by atoms with Crippen LogP contribution in [-0.2, 0) is 0 Å². The van der Waals surface area contributed by atoms with Gasteiger partial charge in [-0.15, -0.1) is 0 Å². The molecule has 2 aromatic rings. The van der Waals surface area contributed by atoms with Crippen molar-refractivity contribution < 1.29 is 9.72 Å². The molecule has 1 aliphatic heterocycles. The molecule has 8 heteroatoms.